The Balaban J connectivity index is 2.01. The third-order valence-corrected chi connectivity index (χ3v) is 2.99. The molecule has 0 atom stereocenters. The molecule has 94 valence electrons. The number of phenolic OH excluding ortho intramolecular Hbond substituents is 1. The van der Waals surface area contributed by atoms with Gasteiger partial charge in [0.25, 0.3) is 5.91 Å². The second-order valence-corrected chi connectivity index (χ2v) is 4.63. The quantitative estimate of drug-likeness (QED) is 0.912. The Morgan fingerprint density at radius 2 is 2.28 bits per heavy atom. The van der Waals surface area contributed by atoms with Crippen LogP contribution in [0.4, 0.5) is 0 Å². The van der Waals surface area contributed by atoms with E-state index in [1.54, 1.807) is 25.1 Å². The molecule has 5 nitrogen and oxygen atoms in total. The molecule has 18 heavy (non-hydrogen) atoms. The molecule has 0 bridgehead atoms. The number of aromatic nitrogens is 1. The van der Waals surface area contributed by atoms with Crippen molar-refractivity contribution in [3.63, 3.8) is 0 Å². The normalized spacial score (nSPS) is 10.3. The van der Waals surface area contributed by atoms with E-state index in [1.807, 2.05) is 0 Å². The van der Waals surface area contributed by atoms with Crippen molar-refractivity contribution in [3.05, 3.63) is 45.8 Å². The fraction of sp³-hybridized carbons (Fsp3) is 0.167. The van der Waals surface area contributed by atoms with Gasteiger partial charge in [0.15, 0.2) is 0 Å². The number of amides is 1. The molecule has 0 saturated heterocycles. The molecule has 0 aliphatic heterocycles. The number of benzene rings is 1. The van der Waals surface area contributed by atoms with Gasteiger partial charge in [-0.1, -0.05) is 5.16 Å². The van der Waals surface area contributed by atoms with Gasteiger partial charge >= 0.3 is 0 Å². The molecule has 0 saturated carbocycles. The molecule has 0 spiro atoms. The zero-order valence-corrected chi connectivity index (χ0v) is 11.2. The van der Waals surface area contributed by atoms with Crippen LogP contribution in [0, 0.1) is 6.92 Å². The molecule has 1 amide bonds. The lowest BCUT2D eigenvalue weighted by atomic mass is 10.2. The van der Waals surface area contributed by atoms with Crippen molar-refractivity contribution in [2.75, 3.05) is 0 Å². The predicted octanol–water partition coefficient (Wildman–Crippen LogP) is 2.38. The maximum Gasteiger partial charge on any atom is 0.251 e. The average Bonchev–Trinajstić information content (AvgIpc) is 2.75. The number of nitrogens with zero attached hydrogens (tertiary/aromatic N) is 1. The number of rotatable bonds is 3. The summed E-state index contributed by atoms with van der Waals surface area (Å²) in [5.74, 6) is 0.443. The van der Waals surface area contributed by atoms with Crippen LogP contribution >= 0.6 is 15.9 Å². The lowest BCUT2D eigenvalue weighted by molar-refractivity contribution is 0.0949. The Labute approximate surface area is 112 Å². The maximum atomic E-state index is 11.8. The van der Waals surface area contributed by atoms with Gasteiger partial charge in [-0.25, -0.2) is 0 Å². The minimum Gasteiger partial charge on any atom is -0.507 e. The zero-order valence-electron chi connectivity index (χ0n) is 9.61. The van der Waals surface area contributed by atoms with Gasteiger partial charge in [0.1, 0.15) is 17.2 Å². The van der Waals surface area contributed by atoms with Gasteiger partial charge in [-0.2, -0.15) is 0 Å². The molecule has 0 unspecified atom stereocenters. The Morgan fingerprint density at radius 1 is 1.50 bits per heavy atom. The first kappa shape index (κ1) is 12.6. The van der Waals surface area contributed by atoms with Gasteiger partial charge in [0.05, 0.1) is 11.0 Å². The SMILES string of the molecule is Cc1cc(CNC(=O)c2ccc(Br)c(O)c2)no1. The number of hydrogen-bond acceptors (Lipinski definition) is 4. The van der Waals surface area contributed by atoms with Gasteiger partial charge in [0.2, 0.25) is 0 Å². The van der Waals surface area contributed by atoms with Crippen molar-refractivity contribution in [2.24, 2.45) is 0 Å². The first-order valence-corrected chi connectivity index (χ1v) is 6.04. The standard InChI is InChI=1S/C12H11BrN2O3/c1-7-4-9(15-18-7)6-14-12(17)8-2-3-10(13)11(16)5-8/h2-5,16H,6H2,1H3,(H,14,17). The second-order valence-electron chi connectivity index (χ2n) is 3.78. The summed E-state index contributed by atoms with van der Waals surface area (Å²) in [5.41, 5.74) is 1.04. The van der Waals surface area contributed by atoms with Crippen molar-refractivity contribution in [1.82, 2.24) is 10.5 Å². The minimum atomic E-state index is -0.279. The summed E-state index contributed by atoms with van der Waals surface area (Å²) in [7, 11) is 0. The van der Waals surface area contributed by atoms with E-state index in [0.29, 0.717) is 21.5 Å². The van der Waals surface area contributed by atoms with Gasteiger partial charge < -0.3 is 14.9 Å². The summed E-state index contributed by atoms with van der Waals surface area (Å²) >= 11 is 3.15. The van der Waals surface area contributed by atoms with Crippen LogP contribution in [0.5, 0.6) is 5.75 Å². The topological polar surface area (TPSA) is 75.4 Å². The average molecular weight is 311 g/mol. The van der Waals surface area contributed by atoms with E-state index < -0.39 is 0 Å². The molecule has 2 rings (SSSR count). The molecular formula is C12H11BrN2O3. The van der Waals surface area contributed by atoms with Crippen LogP contribution in [0.25, 0.3) is 0 Å². The van der Waals surface area contributed by atoms with Crippen molar-refractivity contribution in [1.29, 1.82) is 0 Å². The van der Waals surface area contributed by atoms with Crippen molar-refractivity contribution in [3.8, 4) is 5.75 Å². The summed E-state index contributed by atoms with van der Waals surface area (Å²) in [6.07, 6.45) is 0. The number of nitrogens with one attached hydrogen (secondary N) is 1. The number of aromatic hydroxyl groups is 1. The lowest BCUT2D eigenvalue weighted by Gasteiger charge is -2.04. The Hall–Kier alpha value is -1.82. The van der Waals surface area contributed by atoms with Crippen LogP contribution in [0.3, 0.4) is 0 Å². The lowest BCUT2D eigenvalue weighted by Crippen LogP contribution is -2.22. The Kier molecular flexibility index (Phi) is 3.66. The van der Waals surface area contributed by atoms with Crippen LogP contribution in [0.15, 0.2) is 33.3 Å². The van der Waals surface area contributed by atoms with E-state index in [4.69, 9.17) is 4.52 Å². The summed E-state index contributed by atoms with van der Waals surface area (Å²) in [5, 5.41) is 15.9. The summed E-state index contributed by atoms with van der Waals surface area (Å²) in [4.78, 5) is 11.8. The van der Waals surface area contributed by atoms with E-state index in [9.17, 15) is 9.90 Å². The Bertz CT molecular complexity index is 580. The number of halogens is 1. The highest BCUT2D eigenvalue weighted by Gasteiger charge is 2.09. The highest BCUT2D eigenvalue weighted by atomic mass is 79.9. The number of aryl methyl sites for hydroxylation is 1. The fourth-order valence-corrected chi connectivity index (χ4v) is 1.67. The molecule has 1 aromatic heterocycles. The van der Waals surface area contributed by atoms with Crippen LogP contribution < -0.4 is 5.32 Å². The highest BCUT2D eigenvalue weighted by Crippen LogP contribution is 2.24. The molecule has 2 aromatic rings. The predicted molar refractivity (Wildman–Crippen MR) is 68.2 cm³/mol. The third-order valence-electron chi connectivity index (χ3n) is 2.32. The molecule has 0 fully saturated rings. The van der Waals surface area contributed by atoms with E-state index in [-0.39, 0.29) is 18.2 Å². The smallest absolute Gasteiger partial charge is 0.251 e. The molecule has 6 heteroatoms. The van der Waals surface area contributed by atoms with Crippen LogP contribution in [0.2, 0.25) is 0 Å². The third kappa shape index (κ3) is 2.89. The molecule has 0 aliphatic carbocycles. The van der Waals surface area contributed by atoms with Crippen LogP contribution in [-0.2, 0) is 6.54 Å². The monoisotopic (exact) mass is 310 g/mol. The van der Waals surface area contributed by atoms with E-state index in [2.05, 4.69) is 26.4 Å². The van der Waals surface area contributed by atoms with Crippen molar-refractivity contribution in [2.45, 2.75) is 13.5 Å². The van der Waals surface area contributed by atoms with Crippen molar-refractivity contribution < 1.29 is 14.4 Å². The zero-order chi connectivity index (χ0) is 13.1. The highest BCUT2D eigenvalue weighted by molar-refractivity contribution is 9.10. The van der Waals surface area contributed by atoms with E-state index >= 15 is 0 Å². The summed E-state index contributed by atoms with van der Waals surface area (Å²) < 4.78 is 5.44. The van der Waals surface area contributed by atoms with Gasteiger partial charge in [-0.05, 0) is 41.1 Å². The maximum absolute atomic E-state index is 11.8. The Morgan fingerprint density at radius 3 is 2.89 bits per heavy atom. The van der Waals surface area contributed by atoms with Crippen molar-refractivity contribution >= 4 is 21.8 Å². The van der Waals surface area contributed by atoms with Crippen LogP contribution in [-0.4, -0.2) is 16.2 Å². The largest absolute Gasteiger partial charge is 0.507 e. The number of phenols is 1. The van der Waals surface area contributed by atoms with E-state index in [1.165, 1.54) is 6.07 Å². The first-order chi connectivity index (χ1) is 8.56. The number of carbonyl (C=O) groups is 1. The first-order valence-electron chi connectivity index (χ1n) is 5.25. The number of carbonyl (C=O) groups excluding carboxylic acids is 1. The second kappa shape index (κ2) is 5.22. The van der Waals surface area contributed by atoms with Crippen LogP contribution in [0.1, 0.15) is 21.8 Å². The number of hydrogen-bond donors (Lipinski definition) is 2. The molecule has 2 N–H and O–H groups in total. The molecule has 0 aliphatic rings. The van der Waals surface area contributed by atoms with E-state index in [0.717, 1.165) is 0 Å². The van der Waals surface area contributed by atoms with Gasteiger partial charge in [-0.3, -0.25) is 4.79 Å². The van der Waals surface area contributed by atoms with Gasteiger partial charge in [0, 0.05) is 11.6 Å². The van der Waals surface area contributed by atoms with Gasteiger partial charge in [-0.15, -0.1) is 0 Å². The minimum absolute atomic E-state index is 0.0277. The summed E-state index contributed by atoms with van der Waals surface area (Å²) in [6, 6.07) is 6.38. The molecule has 1 aromatic carbocycles. The molecule has 1 heterocycles. The summed E-state index contributed by atoms with van der Waals surface area (Å²) in [6.45, 7) is 2.07. The molecular weight excluding hydrogens is 300 g/mol. The molecule has 0 radical (unpaired) electrons. The fourth-order valence-electron chi connectivity index (χ4n) is 1.43.